The molecule has 1 N–H and O–H groups in total. The van der Waals surface area contributed by atoms with Crippen LogP contribution in [0.1, 0.15) is 57.6 Å². The van der Waals surface area contributed by atoms with Gasteiger partial charge in [0.15, 0.2) is 4.87 Å². The van der Waals surface area contributed by atoms with Crippen LogP contribution in [0.5, 0.6) is 0 Å². The molecule has 2 aromatic rings. The number of carboxylic acid groups (broad SMARTS) is 1. The topological polar surface area (TPSA) is 50.2 Å². The van der Waals surface area contributed by atoms with E-state index in [2.05, 4.69) is 18.0 Å². The van der Waals surface area contributed by atoms with E-state index in [0.717, 1.165) is 17.7 Å². The van der Waals surface area contributed by atoms with Crippen molar-refractivity contribution in [3.05, 3.63) is 53.7 Å². The predicted molar refractivity (Wildman–Crippen MR) is 108 cm³/mol. The summed E-state index contributed by atoms with van der Waals surface area (Å²) < 4.78 is 0. The largest absolute Gasteiger partial charge is 0.480 e. The predicted octanol–water partition coefficient (Wildman–Crippen LogP) is 6.05. The van der Waals surface area contributed by atoms with Gasteiger partial charge in [-0.3, -0.25) is 4.98 Å². The second-order valence-electron chi connectivity index (χ2n) is 7.11. The van der Waals surface area contributed by atoms with Crippen molar-refractivity contribution in [2.45, 2.75) is 57.7 Å². The fourth-order valence-electron chi connectivity index (χ4n) is 3.09. The number of carboxylic acids is 1. The van der Waals surface area contributed by atoms with Crippen molar-refractivity contribution in [3.63, 3.8) is 0 Å². The summed E-state index contributed by atoms with van der Waals surface area (Å²) in [7, 11) is 0. The van der Waals surface area contributed by atoms with E-state index in [1.807, 2.05) is 38.2 Å². The van der Waals surface area contributed by atoms with E-state index < -0.39 is 10.8 Å². The number of aryl methyl sites for hydroxylation is 1. The number of pyridine rings is 1. The number of alkyl halides is 1. The molecule has 0 aliphatic rings. The van der Waals surface area contributed by atoms with Crippen LogP contribution in [0.3, 0.4) is 0 Å². The standard InChI is InChI=1S/C22H28ClNO2/c1-4-5-6-7-8-17-9-14-20(24-15-17)18-10-12-19(13-11-18)22(23,16(2)3)21(25)26/h9-16H,4-8H2,1-3H3,(H,25,26). The third kappa shape index (κ3) is 4.64. The molecular weight excluding hydrogens is 346 g/mol. The highest BCUT2D eigenvalue weighted by atomic mass is 35.5. The molecule has 0 aliphatic heterocycles. The monoisotopic (exact) mass is 373 g/mol. The van der Waals surface area contributed by atoms with Crippen molar-refractivity contribution < 1.29 is 9.90 Å². The highest BCUT2D eigenvalue weighted by Gasteiger charge is 2.41. The summed E-state index contributed by atoms with van der Waals surface area (Å²) >= 11 is 6.41. The van der Waals surface area contributed by atoms with Crippen LogP contribution in [0.25, 0.3) is 11.3 Å². The number of unbranched alkanes of at least 4 members (excludes halogenated alkanes) is 3. The Morgan fingerprint density at radius 1 is 1.12 bits per heavy atom. The fourth-order valence-corrected chi connectivity index (χ4v) is 3.21. The van der Waals surface area contributed by atoms with Gasteiger partial charge in [-0.05, 0) is 36.0 Å². The maximum Gasteiger partial charge on any atom is 0.329 e. The Morgan fingerprint density at radius 2 is 1.81 bits per heavy atom. The lowest BCUT2D eigenvalue weighted by Crippen LogP contribution is -2.35. The molecule has 1 heterocycles. The van der Waals surface area contributed by atoms with Gasteiger partial charge in [0.25, 0.3) is 0 Å². The first kappa shape index (κ1) is 20.4. The van der Waals surface area contributed by atoms with Crippen molar-refractivity contribution in [2.24, 2.45) is 5.92 Å². The summed E-state index contributed by atoms with van der Waals surface area (Å²) in [6, 6.07) is 11.5. The van der Waals surface area contributed by atoms with E-state index in [4.69, 9.17) is 11.6 Å². The molecular formula is C22H28ClNO2. The average molecular weight is 374 g/mol. The normalized spacial score (nSPS) is 13.6. The van der Waals surface area contributed by atoms with Crippen molar-refractivity contribution in [3.8, 4) is 11.3 Å². The van der Waals surface area contributed by atoms with Crippen LogP contribution < -0.4 is 0 Å². The molecule has 140 valence electrons. The molecule has 1 aromatic heterocycles. The SMILES string of the molecule is CCCCCCc1ccc(-c2ccc(C(Cl)(C(=O)O)C(C)C)cc2)nc1. The highest BCUT2D eigenvalue weighted by Crippen LogP contribution is 2.37. The molecule has 0 saturated carbocycles. The third-order valence-electron chi connectivity index (χ3n) is 4.85. The van der Waals surface area contributed by atoms with Gasteiger partial charge in [-0.15, -0.1) is 11.6 Å². The number of hydrogen-bond acceptors (Lipinski definition) is 2. The van der Waals surface area contributed by atoms with E-state index >= 15 is 0 Å². The number of halogens is 1. The first-order chi connectivity index (χ1) is 12.4. The van der Waals surface area contributed by atoms with Crippen molar-refractivity contribution in [1.29, 1.82) is 0 Å². The zero-order valence-corrected chi connectivity index (χ0v) is 16.6. The van der Waals surface area contributed by atoms with Gasteiger partial charge in [-0.25, -0.2) is 4.79 Å². The van der Waals surface area contributed by atoms with E-state index in [1.54, 1.807) is 12.1 Å². The summed E-state index contributed by atoms with van der Waals surface area (Å²) in [4.78, 5) is 14.8. The van der Waals surface area contributed by atoms with E-state index in [0.29, 0.717) is 5.56 Å². The molecule has 3 nitrogen and oxygen atoms in total. The van der Waals surface area contributed by atoms with E-state index in [-0.39, 0.29) is 5.92 Å². The third-order valence-corrected chi connectivity index (χ3v) is 5.67. The molecule has 0 saturated heterocycles. The van der Waals surface area contributed by atoms with Gasteiger partial charge >= 0.3 is 5.97 Å². The summed E-state index contributed by atoms with van der Waals surface area (Å²) in [6.07, 6.45) is 7.99. The molecule has 0 amide bonds. The molecule has 1 unspecified atom stereocenters. The van der Waals surface area contributed by atoms with Gasteiger partial charge in [0.1, 0.15) is 0 Å². The molecule has 2 rings (SSSR count). The number of hydrogen-bond donors (Lipinski definition) is 1. The second kappa shape index (κ2) is 9.18. The molecule has 0 bridgehead atoms. The number of nitrogens with zero attached hydrogens (tertiary/aromatic N) is 1. The Kier molecular flexibility index (Phi) is 7.22. The van der Waals surface area contributed by atoms with Crippen LogP contribution in [-0.2, 0) is 16.1 Å². The second-order valence-corrected chi connectivity index (χ2v) is 7.71. The molecule has 1 aromatic carbocycles. The summed E-state index contributed by atoms with van der Waals surface area (Å²) in [5.74, 6) is -1.25. The lowest BCUT2D eigenvalue weighted by molar-refractivity contribution is -0.141. The molecule has 4 heteroatoms. The zero-order chi connectivity index (χ0) is 19.2. The maximum absolute atomic E-state index is 11.6. The molecule has 26 heavy (non-hydrogen) atoms. The van der Waals surface area contributed by atoms with Crippen LogP contribution in [-0.4, -0.2) is 16.1 Å². The lowest BCUT2D eigenvalue weighted by atomic mass is 9.87. The van der Waals surface area contributed by atoms with Gasteiger partial charge < -0.3 is 5.11 Å². The quantitative estimate of drug-likeness (QED) is 0.430. The van der Waals surface area contributed by atoms with Crippen LogP contribution in [0.4, 0.5) is 0 Å². The number of aliphatic carboxylic acids is 1. The van der Waals surface area contributed by atoms with E-state index in [1.165, 1.54) is 31.2 Å². The summed E-state index contributed by atoms with van der Waals surface area (Å²) in [6.45, 7) is 5.85. The Balaban J connectivity index is 2.12. The van der Waals surface area contributed by atoms with Crippen molar-refractivity contribution in [2.75, 3.05) is 0 Å². The Hall–Kier alpha value is -1.87. The molecule has 0 spiro atoms. The Labute approximate surface area is 161 Å². The molecule has 0 fully saturated rings. The van der Waals surface area contributed by atoms with Gasteiger partial charge in [-0.2, -0.15) is 0 Å². The number of aromatic nitrogens is 1. The fraction of sp³-hybridized carbons (Fsp3) is 0.455. The van der Waals surface area contributed by atoms with Crippen LogP contribution >= 0.6 is 11.6 Å². The highest BCUT2D eigenvalue weighted by molar-refractivity contribution is 6.33. The number of carbonyl (C=O) groups is 1. The zero-order valence-electron chi connectivity index (χ0n) is 15.8. The van der Waals surface area contributed by atoms with Gasteiger partial charge in [0.2, 0.25) is 0 Å². The lowest BCUT2D eigenvalue weighted by Gasteiger charge is -2.27. The van der Waals surface area contributed by atoms with Crippen LogP contribution in [0, 0.1) is 5.92 Å². The van der Waals surface area contributed by atoms with Crippen molar-refractivity contribution in [1.82, 2.24) is 4.98 Å². The molecule has 0 radical (unpaired) electrons. The number of rotatable bonds is 9. The summed E-state index contributed by atoms with van der Waals surface area (Å²) in [5, 5.41) is 9.53. The molecule has 0 aliphatic carbocycles. The minimum absolute atomic E-state index is 0.224. The smallest absolute Gasteiger partial charge is 0.329 e. The molecule has 1 atom stereocenters. The Bertz CT molecular complexity index is 710. The number of benzene rings is 1. The summed E-state index contributed by atoms with van der Waals surface area (Å²) in [5.41, 5.74) is 3.69. The van der Waals surface area contributed by atoms with Gasteiger partial charge in [-0.1, -0.05) is 70.4 Å². The first-order valence-electron chi connectivity index (χ1n) is 9.37. The van der Waals surface area contributed by atoms with Gasteiger partial charge in [0, 0.05) is 11.8 Å². The minimum Gasteiger partial charge on any atom is -0.480 e. The average Bonchev–Trinajstić information content (AvgIpc) is 2.65. The van der Waals surface area contributed by atoms with Gasteiger partial charge in [0.05, 0.1) is 5.69 Å². The minimum atomic E-state index is -1.41. The Morgan fingerprint density at radius 3 is 2.31 bits per heavy atom. The maximum atomic E-state index is 11.6. The van der Waals surface area contributed by atoms with E-state index in [9.17, 15) is 9.90 Å². The first-order valence-corrected chi connectivity index (χ1v) is 9.75. The van der Waals surface area contributed by atoms with Crippen LogP contribution in [0.2, 0.25) is 0 Å². The van der Waals surface area contributed by atoms with Crippen molar-refractivity contribution >= 4 is 17.6 Å². The van der Waals surface area contributed by atoms with Crippen LogP contribution in [0.15, 0.2) is 42.6 Å².